The highest BCUT2D eigenvalue weighted by Gasteiger charge is 2.27. The van der Waals surface area contributed by atoms with E-state index >= 15 is 0 Å². The van der Waals surface area contributed by atoms with Crippen molar-refractivity contribution >= 4 is 48.5 Å². The van der Waals surface area contributed by atoms with Gasteiger partial charge in [-0.3, -0.25) is 9.59 Å². The lowest BCUT2D eigenvalue weighted by Crippen LogP contribution is -2.44. The van der Waals surface area contributed by atoms with Gasteiger partial charge in [0.05, 0.1) is 0 Å². The molecule has 0 radical (unpaired) electrons. The van der Waals surface area contributed by atoms with E-state index in [1.807, 2.05) is 4.90 Å². The number of aliphatic imine (C=N–C) groups is 1. The third-order valence-electron chi connectivity index (χ3n) is 6.02. The van der Waals surface area contributed by atoms with Crippen LogP contribution in [0.5, 0.6) is 0 Å². The Labute approximate surface area is 229 Å². The zero-order chi connectivity index (χ0) is 27.9. The molecule has 0 aliphatic carbocycles. The molecule has 1 aliphatic rings. The largest absolute Gasteiger partial charge is 0.356 e. The highest BCUT2D eigenvalue weighted by Crippen LogP contribution is 2.38. The first-order valence-corrected chi connectivity index (χ1v) is 14.6. The summed E-state index contributed by atoms with van der Waals surface area (Å²) in [6, 6.07) is 8.43. The van der Waals surface area contributed by atoms with Gasteiger partial charge in [-0.25, -0.2) is 13.8 Å². The van der Waals surface area contributed by atoms with Crippen LogP contribution in [-0.2, 0) is 13.5 Å². The number of piperidine rings is 1. The van der Waals surface area contributed by atoms with E-state index in [1.165, 1.54) is 36.4 Å². The van der Waals surface area contributed by atoms with Crippen molar-refractivity contribution in [2.45, 2.75) is 43.1 Å². The third-order valence-corrected chi connectivity index (χ3v) is 7.60. The molecule has 6 nitrogen and oxygen atoms in total. The minimum Gasteiger partial charge on any atom is -0.356 e. The van der Waals surface area contributed by atoms with E-state index in [4.69, 9.17) is 0 Å². The molecule has 2 amide bonds. The Hall–Kier alpha value is -3.09. The first kappa shape index (κ1) is 29.5. The molecule has 1 saturated heterocycles. The molecule has 0 unspecified atom stereocenters. The maximum atomic E-state index is 14.4. The topological polar surface area (TPSA) is 73.8 Å². The van der Waals surface area contributed by atoms with E-state index < -0.39 is 42.2 Å². The molecule has 0 atom stereocenters. The second-order valence-electron chi connectivity index (χ2n) is 8.70. The Morgan fingerprint density at radius 1 is 1.16 bits per heavy atom. The van der Waals surface area contributed by atoms with E-state index in [-0.39, 0.29) is 34.6 Å². The molecule has 11 heteroatoms. The summed E-state index contributed by atoms with van der Waals surface area (Å²) >= 11 is -1.58. The predicted octanol–water partition coefficient (Wildman–Crippen LogP) is 5.70. The number of carbonyl (C=O) groups excluding carboxylic acids is 2. The molecule has 38 heavy (non-hydrogen) atoms. The minimum atomic E-state index is -2.96. The Bertz CT molecular complexity index is 1240. The van der Waals surface area contributed by atoms with E-state index in [0.717, 1.165) is 12.1 Å². The summed E-state index contributed by atoms with van der Waals surface area (Å²) in [5.74, 6) is -1.83. The summed E-state index contributed by atoms with van der Waals surface area (Å²) in [6.07, 6.45) is 2.87. The lowest BCUT2D eigenvalue weighted by Gasteiger charge is -2.34. The lowest BCUT2D eigenvalue weighted by atomic mass is 10.0. The zero-order valence-electron chi connectivity index (χ0n) is 21.0. The SMILES string of the molecule is C=IC(F)(F)c1ccc(NC(=O)/C=C(\N=C(/C)c2ccc(F)cc2F)N2CCC(NC(=O)CC)CC2)cc1. The Morgan fingerprint density at radius 3 is 2.39 bits per heavy atom. The van der Waals surface area contributed by atoms with Gasteiger partial charge < -0.3 is 15.5 Å². The smallest absolute Gasteiger partial charge is 0.316 e. The molecule has 2 N–H and O–H groups in total. The minimum absolute atomic E-state index is 0.00853. The fourth-order valence-electron chi connectivity index (χ4n) is 3.91. The van der Waals surface area contributed by atoms with E-state index in [1.54, 1.807) is 13.8 Å². The molecule has 1 aliphatic heterocycles. The average Bonchev–Trinajstić information content (AvgIpc) is 2.88. The zero-order valence-corrected chi connectivity index (χ0v) is 23.2. The highest BCUT2D eigenvalue weighted by molar-refractivity contribution is 14.2. The molecule has 3 rings (SSSR count). The van der Waals surface area contributed by atoms with Crippen LogP contribution in [0.1, 0.15) is 44.2 Å². The maximum Gasteiger partial charge on any atom is 0.316 e. The molecule has 1 heterocycles. The van der Waals surface area contributed by atoms with Crippen molar-refractivity contribution in [3.05, 3.63) is 77.1 Å². The number of rotatable bonds is 9. The molecule has 0 bridgehead atoms. The van der Waals surface area contributed by atoms with Crippen molar-refractivity contribution < 1.29 is 27.2 Å². The number of carbonyl (C=O) groups is 2. The van der Waals surface area contributed by atoms with Crippen molar-refractivity contribution in [1.82, 2.24) is 10.2 Å². The summed E-state index contributed by atoms with van der Waals surface area (Å²) in [5.41, 5.74) is 0.492. The van der Waals surface area contributed by atoms with E-state index in [0.29, 0.717) is 38.0 Å². The number of alkyl halides is 3. The summed E-state index contributed by atoms with van der Waals surface area (Å²) < 4.78 is 55.9. The molecular weight excluding hydrogens is 615 g/mol. The number of nitrogens with one attached hydrogen (secondary N) is 2. The van der Waals surface area contributed by atoms with Gasteiger partial charge in [-0.2, -0.15) is 8.78 Å². The van der Waals surface area contributed by atoms with Crippen LogP contribution in [-0.4, -0.2) is 46.1 Å². The van der Waals surface area contributed by atoms with Crippen molar-refractivity contribution in [3.63, 3.8) is 0 Å². The normalized spacial score (nSPS) is 15.4. The van der Waals surface area contributed by atoms with Crippen LogP contribution in [0.4, 0.5) is 23.2 Å². The van der Waals surface area contributed by atoms with Gasteiger partial charge >= 0.3 is 3.93 Å². The van der Waals surface area contributed by atoms with Gasteiger partial charge in [0.1, 0.15) is 17.5 Å². The summed E-state index contributed by atoms with van der Waals surface area (Å²) in [6.45, 7) is 4.29. The van der Waals surface area contributed by atoms with Crippen molar-refractivity contribution in [2.24, 2.45) is 4.99 Å². The second-order valence-corrected chi connectivity index (χ2v) is 10.8. The van der Waals surface area contributed by atoms with E-state index in [2.05, 4.69) is 20.1 Å². The Kier molecular flexibility index (Phi) is 10.2. The van der Waals surface area contributed by atoms with E-state index in [9.17, 15) is 27.2 Å². The quantitative estimate of drug-likeness (QED) is 0.121. The molecule has 1 fully saturated rings. The number of amides is 2. The van der Waals surface area contributed by atoms with Crippen LogP contribution in [0, 0.1) is 11.6 Å². The van der Waals surface area contributed by atoms with Crippen LogP contribution < -0.4 is 10.6 Å². The summed E-state index contributed by atoms with van der Waals surface area (Å²) in [7, 11) is 0. The maximum absolute atomic E-state index is 14.4. The second kappa shape index (κ2) is 13.1. The first-order chi connectivity index (χ1) is 18.0. The standard InChI is InChI=1S/C27H29F4IN4O2/c1-4-25(37)34-21-11-13-36(14-12-21)24(33-17(2)22-10-7-19(28)15-23(22)29)16-26(38)35-20-8-5-18(6-9-20)27(30,31)32-3/h5-10,15-16,21H,3-4,11-14H2,1-2H3,(H,34,37)(H,35,38)/b24-16+,33-17+. The molecule has 0 aromatic heterocycles. The molecule has 0 saturated carbocycles. The van der Waals surface area contributed by atoms with Gasteiger partial charge in [0, 0.05) is 60.2 Å². The number of likely N-dealkylation sites (tertiary alicyclic amines) is 1. The van der Waals surface area contributed by atoms with Crippen LogP contribution >= 0.6 is 20.7 Å². The van der Waals surface area contributed by atoms with Crippen molar-refractivity contribution in [2.75, 3.05) is 18.4 Å². The lowest BCUT2D eigenvalue weighted by molar-refractivity contribution is -0.121. The van der Waals surface area contributed by atoms with Gasteiger partial charge in [-0.1, -0.05) is 23.6 Å². The third kappa shape index (κ3) is 7.95. The number of nitrogens with zero attached hydrogens (tertiary/aromatic N) is 2. The molecule has 2 aromatic rings. The van der Waals surface area contributed by atoms with Crippen molar-refractivity contribution in [3.8, 4) is 0 Å². The fourth-order valence-corrected chi connectivity index (χ4v) is 4.71. The molecular formula is C27H29F4IN4O2. The van der Waals surface area contributed by atoms with Gasteiger partial charge in [0.15, 0.2) is 0 Å². The van der Waals surface area contributed by atoms with Crippen LogP contribution in [0.3, 0.4) is 0 Å². The molecule has 0 spiro atoms. The van der Waals surface area contributed by atoms with Gasteiger partial charge in [0.2, 0.25) is 5.91 Å². The number of hydrogen-bond acceptors (Lipinski definition) is 4. The summed E-state index contributed by atoms with van der Waals surface area (Å²) in [4.78, 5) is 31.0. The van der Waals surface area contributed by atoms with Gasteiger partial charge in [-0.05, 0) is 64.8 Å². The fraction of sp³-hybridized carbons (Fsp3) is 0.333. The van der Waals surface area contributed by atoms with Crippen LogP contribution in [0.25, 0.3) is 0 Å². The molecule has 204 valence electrons. The van der Waals surface area contributed by atoms with Crippen LogP contribution in [0.2, 0.25) is 0 Å². The average molecular weight is 644 g/mol. The van der Waals surface area contributed by atoms with Crippen LogP contribution in [0.15, 0.2) is 59.4 Å². The number of halogens is 5. The molecule has 2 aromatic carbocycles. The van der Waals surface area contributed by atoms with Gasteiger partial charge in [-0.15, -0.1) is 0 Å². The first-order valence-electron chi connectivity index (χ1n) is 12.0. The Balaban J connectivity index is 1.84. The number of anilines is 1. The number of hydrogen-bond donors (Lipinski definition) is 2. The van der Waals surface area contributed by atoms with Crippen molar-refractivity contribution in [1.29, 1.82) is 0 Å². The predicted molar refractivity (Wildman–Crippen MR) is 150 cm³/mol. The highest BCUT2D eigenvalue weighted by atomic mass is 127. The summed E-state index contributed by atoms with van der Waals surface area (Å²) in [5, 5.41) is 5.60. The monoisotopic (exact) mass is 644 g/mol. The number of benzene rings is 2. The Morgan fingerprint density at radius 2 is 1.82 bits per heavy atom. The van der Waals surface area contributed by atoms with Gasteiger partial charge in [0.25, 0.3) is 5.91 Å².